The minimum atomic E-state index is 0.619. The molecule has 0 heterocycles. The molecule has 0 aromatic carbocycles. The van der Waals surface area contributed by atoms with Crippen molar-refractivity contribution in [1.29, 1.82) is 0 Å². The first-order valence-electron chi connectivity index (χ1n) is 3.47. The van der Waals surface area contributed by atoms with Crippen molar-refractivity contribution >= 4 is 0 Å². The predicted octanol–water partition coefficient (Wildman–Crippen LogP) is 1.15. The van der Waals surface area contributed by atoms with Crippen molar-refractivity contribution in [1.82, 2.24) is 4.90 Å². The monoisotopic (exact) mass is 149 g/mol. The van der Waals surface area contributed by atoms with Gasteiger partial charge in [-0.3, -0.25) is 4.90 Å². The molecule has 0 fully saturated rings. The molecule has 0 spiro atoms. The summed E-state index contributed by atoms with van der Waals surface area (Å²) in [5.74, 6) is 0. The number of hydrogen-bond acceptors (Lipinski definition) is 3. The lowest BCUT2D eigenvalue weighted by molar-refractivity contribution is 0.00374. The Morgan fingerprint density at radius 2 is 1.30 bits per heavy atom. The SMILES string of the molecule is CC.COCN(C)COC. The summed E-state index contributed by atoms with van der Waals surface area (Å²) >= 11 is 0. The highest BCUT2D eigenvalue weighted by molar-refractivity contribution is 4.28. The first-order chi connectivity index (χ1) is 4.81. The molecule has 0 amide bonds. The third-order valence-corrected chi connectivity index (χ3v) is 0.699. The van der Waals surface area contributed by atoms with Crippen LogP contribution in [0.4, 0.5) is 0 Å². The summed E-state index contributed by atoms with van der Waals surface area (Å²) in [6.07, 6.45) is 0. The van der Waals surface area contributed by atoms with Gasteiger partial charge in [-0.1, -0.05) is 13.8 Å². The van der Waals surface area contributed by atoms with Gasteiger partial charge in [0.15, 0.2) is 0 Å². The van der Waals surface area contributed by atoms with Gasteiger partial charge in [-0.25, -0.2) is 0 Å². The van der Waals surface area contributed by atoms with Crippen LogP contribution in [0.25, 0.3) is 0 Å². The van der Waals surface area contributed by atoms with Crippen molar-refractivity contribution < 1.29 is 9.47 Å². The van der Waals surface area contributed by atoms with Gasteiger partial charge >= 0.3 is 0 Å². The summed E-state index contributed by atoms with van der Waals surface area (Å²) in [5, 5.41) is 0. The molecule has 0 aliphatic heterocycles. The molecule has 3 nitrogen and oxygen atoms in total. The van der Waals surface area contributed by atoms with Crippen LogP contribution in [-0.4, -0.2) is 39.6 Å². The maximum Gasteiger partial charge on any atom is 0.100 e. The fourth-order valence-corrected chi connectivity index (χ4v) is 0.478. The zero-order valence-corrected chi connectivity index (χ0v) is 7.68. The van der Waals surface area contributed by atoms with Gasteiger partial charge in [0.05, 0.1) is 0 Å². The lowest BCUT2D eigenvalue weighted by Gasteiger charge is -2.12. The van der Waals surface area contributed by atoms with Crippen molar-refractivity contribution in [2.75, 3.05) is 34.7 Å². The van der Waals surface area contributed by atoms with Gasteiger partial charge in [-0.05, 0) is 7.05 Å². The Bertz CT molecular complexity index is 44.9. The van der Waals surface area contributed by atoms with E-state index >= 15 is 0 Å². The van der Waals surface area contributed by atoms with Crippen LogP contribution >= 0.6 is 0 Å². The molecular weight excluding hydrogens is 130 g/mol. The summed E-state index contributed by atoms with van der Waals surface area (Å²) in [6.45, 7) is 5.24. The summed E-state index contributed by atoms with van der Waals surface area (Å²) in [6, 6.07) is 0. The molecular formula is C7H19NO2. The van der Waals surface area contributed by atoms with Gasteiger partial charge in [0.2, 0.25) is 0 Å². The van der Waals surface area contributed by atoms with Crippen molar-refractivity contribution in [2.24, 2.45) is 0 Å². The molecule has 0 bridgehead atoms. The lowest BCUT2D eigenvalue weighted by Crippen LogP contribution is -2.22. The largest absolute Gasteiger partial charge is 0.369 e. The van der Waals surface area contributed by atoms with Gasteiger partial charge < -0.3 is 9.47 Å². The van der Waals surface area contributed by atoms with Gasteiger partial charge in [0, 0.05) is 14.2 Å². The van der Waals surface area contributed by atoms with E-state index in [1.54, 1.807) is 14.2 Å². The van der Waals surface area contributed by atoms with Crippen LogP contribution in [-0.2, 0) is 9.47 Å². The highest BCUT2D eigenvalue weighted by atomic mass is 16.5. The summed E-state index contributed by atoms with van der Waals surface area (Å²) in [4.78, 5) is 1.92. The van der Waals surface area contributed by atoms with Crippen LogP contribution in [0.5, 0.6) is 0 Å². The van der Waals surface area contributed by atoms with Gasteiger partial charge in [0.1, 0.15) is 13.5 Å². The molecule has 0 unspecified atom stereocenters. The molecule has 64 valence electrons. The third kappa shape index (κ3) is 10.8. The normalized spacial score (nSPS) is 9.00. The zero-order valence-electron chi connectivity index (χ0n) is 7.68. The Kier molecular flexibility index (Phi) is 14.6. The first-order valence-corrected chi connectivity index (χ1v) is 3.47. The van der Waals surface area contributed by atoms with Crippen molar-refractivity contribution in [2.45, 2.75) is 13.8 Å². The molecule has 0 aromatic heterocycles. The molecule has 0 aliphatic carbocycles. The van der Waals surface area contributed by atoms with E-state index in [2.05, 4.69) is 0 Å². The summed E-state index contributed by atoms with van der Waals surface area (Å²) in [7, 11) is 5.24. The number of nitrogens with zero attached hydrogens (tertiary/aromatic N) is 1. The number of rotatable bonds is 4. The summed E-state index contributed by atoms with van der Waals surface area (Å²) in [5.41, 5.74) is 0. The Balaban J connectivity index is 0. The second-order valence-electron chi connectivity index (χ2n) is 1.69. The van der Waals surface area contributed by atoms with E-state index in [0.717, 1.165) is 0 Å². The smallest absolute Gasteiger partial charge is 0.100 e. The minimum absolute atomic E-state index is 0.619. The standard InChI is InChI=1S/C5H13NO2.C2H6/c1-6(4-7-2)5-8-3;1-2/h4-5H2,1-3H3;1-2H3. The van der Waals surface area contributed by atoms with E-state index in [9.17, 15) is 0 Å². The zero-order chi connectivity index (χ0) is 8.41. The Morgan fingerprint density at radius 3 is 1.50 bits per heavy atom. The number of ether oxygens (including phenoxy) is 2. The van der Waals surface area contributed by atoms with Crippen molar-refractivity contribution in [3.05, 3.63) is 0 Å². The lowest BCUT2D eigenvalue weighted by atomic mass is 10.9. The molecule has 0 aromatic rings. The molecule has 3 heteroatoms. The van der Waals surface area contributed by atoms with Crippen LogP contribution < -0.4 is 0 Å². The van der Waals surface area contributed by atoms with E-state index < -0.39 is 0 Å². The van der Waals surface area contributed by atoms with Crippen LogP contribution in [0.15, 0.2) is 0 Å². The maximum absolute atomic E-state index is 4.80. The van der Waals surface area contributed by atoms with Crippen molar-refractivity contribution in [3.63, 3.8) is 0 Å². The minimum Gasteiger partial charge on any atom is -0.369 e. The van der Waals surface area contributed by atoms with Crippen molar-refractivity contribution in [3.8, 4) is 0 Å². The molecule has 10 heavy (non-hydrogen) atoms. The van der Waals surface area contributed by atoms with Crippen LogP contribution in [0.1, 0.15) is 13.8 Å². The van der Waals surface area contributed by atoms with Gasteiger partial charge in [-0.2, -0.15) is 0 Å². The van der Waals surface area contributed by atoms with Crippen LogP contribution in [0, 0.1) is 0 Å². The fourth-order valence-electron chi connectivity index (χ4n) is 0.478. The molecule has 0 radical (unpaired) electrons. The fraction of sp³-hybridized carbons (Fsp3) is 1.00. The average molecular weight is 149 g/mol. The Hall–Kier alpha value is -0.120. The summed E-state index contributed by atoms with van der Waals surface area (Å²) < 4.78 is 9.60. The number of hydrogen-bond donors (Lipinski definition) is 0. The molecule has 0 aliphatic rings. The molecule has 0 saturated heterocycles. The van der Waals surface area contributed by atoms with Gasteiger partial charge in [0.25, 0.3) is 0 Å². The first kappa shape index (κ1) is 12.5. The molecule has 0 atom stereocenters. The predicted molar refractivity (Wildman–Crippen MR) is 42.9 cm³/mol. The van der Waals surface area contributed by atoms with E-state index in [4.69, 9.17) is 9.47 Å². The van der Waals surface area contributed by atoms with Crippen LogP contribution in [0.3, 0.4) is 0 Å². The molecule has 0 N–H and O–H groups in total. The topological polar surface area (TPSA) is 21.7 Å². The third-order valence-electron chi connectivity index (χ3n) is 0.699. The second kappa shape index (κ2) is 11.6. The Morgan fingerprint density at radius 1 is 1.00 bits per heavy atom. The highest BCUT2D eigenvalue weighted by Crippen LogP contribution is 1.79. The molecule has 0 saturated carbocycles. The highest BCUT2D eigenvalue weighted by Gasteiger charge is 1.90. The van der Waals surface area contributed by atoms with E-state index in [-0.39, 0.29) is 0 Å². The second-order valence-corrected chi connectivity index (χ2v) is 1.69. The van der Waals surface area contributed by atoms with E-state index in [0.29, 0.717) is 13.5 Å². The quantitative estimate of drug-likeness (QED) is 0.560. The van der Waals surface area contributed by atoms with Gasteiger partial charge in [-0.15, -0.1) is 0 Å². The van der Waals surface area contributed by atoms with E-state index in [1.165, 1.54) is 0 Å². The average Bonchev–Trinajstić information content (AvgIpc) is 1.93. The van der Waals surface area contributed by atoms with Crippen LogP contribution in [0.2, 0.25) is 0 Å². The molecule has 0 rings (SSSR count). The Labute approximate surface area is 63.9 Å². The maximum atomic E-state index is 4.80. The number of methoxy groups -OCH3 is 2. The van der Waals surface area contributed by atoms with E-state index in [1.807, 2.05) is 25.8 Å².